The van der Waals surface area contributed by atoms with Gasteiger partial charge in [-0.3, -0.25) is 4.90 Å². The number of nitrogens with zero attached hydrogens (tertiary/aromatic N) is 5. The van der Waals surface area contributed by atoms with Crippen molar-refractivity contribution in [3.8, 4) is 0 Å². The lowest BCUT2D eigenvalue weighted by molar-refractivity contribution is 0.267. The number of rotatable bonds is 7. The first-order chi connectivity index (χ1) is 13.6. The molecule has 152 valence electrons. The molecule has 0 radical (unpaired) electrons. The third kappa shape index (κ3) is 5.32. The molecular weight excluding hydrogens is 350 g/mol. The average molecular weight is 384 g/mol. The van der Waals surface area contributed by atoms with Gasteiger partial charge in [0.2, 0.25) is 0 Å². The van der Waals surface area contributed by atoms with Crippen molar-refractivity contribution in [1.82, 2.24) is 30.3 Å². The fraction of sp³-hybridized carbons (Fsp3) is 0.571. The van der Waals surface area contributed by atoms with Crippen LogP contribution in [0.2, 0.25) is 0 Å². The second kappa shape index (κ2) is 9.68. The van der Waals surface area contributed by atoms with Crippen LogP contribution < -0.4 is 10.6 Å². The summed E-state index contributed by atoms with van der Waals surface area (Å²) in [6.45, 7) is 10.8. The van der Waals surface area contributed by atoms with Gasteiger partial charge in [0.25, 0.3) is 0 Å². The summed E-state index contributed by atoms with van der Waals surface area (Å²) in [7, 11) is 1.99. The van der Waals surface area contributed by atoms with E-state index in [-0.39, 0.29) is 0 Å². The van der Waals surface area contributed by atoms with E-state index in [1.165, 1.54) is 30.5 Å². The molecule has 2 heterocycles. The van der Waals surface area contributed by atoms with Crippen LogP contribution in [0.5, 0.6) is 0 Å². The van der Waals surface area contributed by atoms with Gasteiger partial charge >= 0.3 is 0 Å². The van der Waals surface area contributed by atoms with E-state index in [4.69, 9.17) is 4.99 Å². The van der Waals surface area contributed by atoms with Crippen LogP contribution in [0.4, 0.5) is 0 Å². The first-order valence-electron chi connectivity index (χ1n) is 10.2. The first kappa shape index (κ1) is 20.3. The van der Waals surface area contributed by atoms with Crippen molar-refractivity contribution < 1.29 is 0 Å². The van der Waals surface area contributed by atoms with Crippen LogP contribution >= 0.6 is 0 Å². The Morgan fingerprint density at radius 1 is 1.18 bits per heavy atom. The fourth-order valence-corrected chi connectivity index (χ4v) is 3.56. The van der Waals surface area contributed by atoms with Crippen molar-refractivity contribution in [3.63, 3.8) is 0 Å². The topological polar surface area (TPSA) is 70.4 Å². The summed E-state index contributed by atoms with van der Waals surface area (Å²) in [4.78, 5) is 7.34. The Balaban J connectivity index is 1.64. The number of guanidine groups is 1. The molecule has 2 aromatic rings. The molecule has 0 amide bonds. The predicted molar refractivity (Wildman–Crippen MR) is 113 cm³/mol. The number of benzene rings is 1. The lowest BCUT2D eigenvalue weighted by Gasteiger charge is -2.24. The molecule has 7 heteroatoms. The molecule has 1 atom stereocenters. The van der Waals surface area contributed by atoms with Crippen molar-refractivity contribution in [2.75, 3.05) is 19.6 Å². The summed E-state index contributed by atoms with van der Waals surface area (Å²) < 4.78 is 2.00. The van der Waals surface area contributed by atoms with Crippen LogP contribution in [0, 0.1) is 13.8 Å². The maximum atomic E-state index is 4.81. The van der Waals surface area contributed by atoms with E-state index >= 15 is 0 Å². The van der Waals surface area contributed by atoms with Gasteiger partial charge in [0.1, 0.15) is 5.82 Å². The summed E-state index contributed by atoms with van der Waals surface area (Å²) in [6.07, 6.45) is 2.52. The normalized spacial score (nSPS) is 17.9. The Kier molecular flexibility index (Phi) is 7.03. The highest BCUT2D eigenvalue weighted by Gasteiger charge is 2.22. The number of hydrogen-bond donors (Lipinski definition) is 2. The zero-order valence-corrected chi connectivity index (χ0v) is 17.6. The minimum Gasteiger partial charge on any atom is -0.355 e. The van der Waals surface area contributed by atoms with Crippen molar-refractivity contribution in [3.05, 3.63) is 47.0 Å². The van der Waals surface area contributed by atoms with E-state index in [9.17, 15) is 0 Å². The van der Waals surface area contributed by atoms with Crippen molar-refractivity contribution >= 4 is 5.96 Å². The fourth-order valence-electron chi connectivity index (χ4n) is 3.56. The molecule has 1 fully saturated rings. The van der Waals surface area contributed by atoms with Gasteiger partial charge in [0.05, 0.1) is 13.1 Å². The van der Waals surface area contributed by atoms with Crippen LogP contribution in [0.1, 0.15) is 42.5 Å². The molecule has 1 saturated heterocycles. The largest absolute Gasteiger partial charge is 0.355 e. The van der Waals surface area contributed by atoms with Gasteiger partial charge in [0, 0.05) is 19.6 Å². The van der Waals surface area contributed by atoms with Crippen molar-refractivity contribution in [1.29, 1.82) is 0 Å². The van der Waals surface area contributed by atoms with Gasteiger partial charge in [-0.05, 0) is 45.3 Å². The lowest BCUT2D eigenvalue weighted by atomic mass is 10.1. The monoisotopic (exact) mass is 383 g/mol. The molecule has 0 bridgehead atoms. The highest BCUT2D eigenvalue weighted by molar-refractivity contribution is 5.79. The number of likely N-dealkylation sites (tertiary alicyclic amines) is 1. The Labute approximate surface area is 168 Å². The Bertz CT molecular complexity index is 779. The van der Waals surface area contributed by atoms with E-state index in [1.807, 2.05) is 18.5 Å². The Hall–Kier alpha value is -2.41. The summed E-state index contributed by atoms with van der Waals surface area (Å²) in [6, 6.07) is 9.11. The van der Waals surface area contributed by atoms with Gasteiger partial charge in [-0.2, -0.15) is 0 Å². The molecule has 1 aliphatic rings. The van der Waals surface area contributed by atoms with E-state index < -0.39 is 0 Å². The van der Waals surface area contributed by atoms with Gasteiger partial charge in [0.15, 0.2) is 11.8 Å². The van der Waals surface area contributed by atoms with Gasteiger partial charge in [-0.15, -0.1) is 10.2 Å². The van der Waals surface area contributed by atoms with E-state index in [1.54, 1.807) is 0 Å². The molecule has 0 saturated carbocycles. The Morgan fingerprint density at radius 2 is 1.96 bits per heavy atom. The third-order valence-electron chi connectivity index (χ3n) is 5.55. The van der Waals surface area contributed by atoms with Gasteiger partial charge < -0.3 is 15.2 Å². The molecule has 0 spiro atoms. The Morgan fingerprint density at radius 3 is 2.64 bits per heavy atom. The van der Waals surface area contributed by atoms with Crippen LogP contribution in [0.3, 0.4) is 0 Å². The summed E-state index contributed by atoms with van der Waals surface area (Å²) in [5.74, 6) is 2.63. The molecule has 1 aromatic heterocycles. The number of aliphatic imine (C=N–C) groups is 1. The number of aromatic nitrogens is 3. The second-order valence-electron chi connectivity index (χ2n) is 7.53. The van der Waals surface area contributed by atoms with Crippen LogP contribution in [0.15, 0.2) is 29.3 Å². The lowest BCUT2D eigenvalue weighted by Crippen LogP contribution is -2.44. The van der Waals surface area contributed by atoms with Crippen LogP contribution in [0.25, 0.3) is 0 Å². The molecule has 3 rings (SSSR count). The predicted octanol–water partition coefficient (Wildman–Crippen LogP) is 2.15. The van der Waals surface area contributed by atoms with E-state index in [2.05, 4.69) is 63.8 Å². The zero-order chi connectivity index (χ0) is 19.9. The molecular formula is C21H33N7. The van der Waals surface area contributed by atoms with E-state index in [0.29, 0.717) is 19.1 Å². The quantitative estimate of drug-likeness (QED) is 0.566. The molecule has 1 aromatic carbocycles. The number of likely N-dealkylation sites (N-methyl/N-ethyl adjacent to an activating group) is 1. The molecule has 2 N–H and O–H groups in total. The first-order valence-corrected chi connectivity index (χ1v) is 10.2. The third-order valence-corrected chi connectivity index (χ3v) is 5.55. The highest BCUT2D eigenvalue weighted by atomic mass is 15.3. The maximum Gasteiger partial charge on any atom is 0.192 e. The average Bonchev–Trinajstić information content (AvgIpc) is 3.29. The SMILES string of the molecule is CCN1CCCC1CNC(=NCc1ccc(C)cc1)NCc1nnc(C)n1C. The van der Waals surface area contributed by atoms with Crippen LogP contribution in [-0.4, -0.2) is 51.3 Å². The summed E-state index contributed by atoms with van der Waals surface area (Å²) in [5.41, 5.74) is 2.47. The zero-order valence-electron chi connectivity index (χ0n) is 17.6. The molecule has 1 aliphatic heterocycles. The minimum absolute atomic E-state index is 0.577. The minimum atomic E-state index is 0.577. The highest BCUT2D eigenvalue weighted by Crippen LogP contribution is 2.15. The molecule has 0 aliphatic carbocycles. The molecule has 7 nitrogen and oxygen atoms in total. The van der Waals surface area contributed by atoms with E-state index in [0.717, 1.165) is 30.7 Å². The number of hydrogen-bond acceptors (Lipinski definition) is 4. The molecule has 28 heavy (non-hydrogen) atoms. The summed E-state index contributed by atoms with van der Waals surface area (Å²) in [5, 5.41) is 15.3. The van der Waals surface area contributed by atoms with Crippen molar-refractivity contribution in [2.24, 2.45) is 12.0 Å². The second-order valence-corrected chi connectivity index (χ2v) is 7.53. The standard InChI is InChI=1S/C21H33N7/c1-5-28-12-6-7-19(28)14-23-21(22-13-18-10-8-16(2)9-11-18)24-15-20-26-25-17(3)27(20)4/h8-11,19H,5-7,12-15H2,1-4H3,(H2,22,23,24). The van der Waals surface area contributed by atoms with Crippen molar-refractivity contribution in [2.45, 2.75) is 52.7 Å². The molecule has 1 unspecified atom stereocenters. The van der Waals surface area contributed by atoms with Crippen LogP contribution in [-0.2, 0) is 20.1 Å². The smallest absolute Gasteiger partial charge is 0.192 e. The number of aryl methyl sites for hydroxylation is 2. The summed E-state index contributed by atoms with van der Waals surface area (Å²) >= 11 is 0. The van der Waals surface area contributed by atoms with Gasteiger partial charge in [-0.25, -0.2) is 4.99 Å². The number of nitrogens with one attached hydrogen (secondary N) is 2. The maximum absolute atomic E-state index is 4.81. The van der Waals surface area contributed by atoms with Gasteiger partial charge in [-0.1, -0.05) is 36.8 Å².